The zero-order valence-electron chi connectivity index (χ0n) is 13.1. The molecule has 1 heterocycles. The highest BCUT2D eigenvalue weighted by atomic mass is 16.6. The Morgan fingerprint density at radius 3 is 2.28 bits per heavy atom. The van der Waals surface area contributed by atoms with Crippen molar-refractivity contribution in [3.8, 4) is 5.75 Å². The first-order chi connectivity index (χ1) is 12.0. The van der Waals surface area contributed by atoms with Gasteiger partial charge in [0.15, 0.2) is 0 Å². The summed E-state index contributed by atoms with van der Waals surface area (Å²) in [7, 11) is 0. The molecule has 3 rings (SSSR count). The van der Waals surface area contributed by atoms with Gasteiger partial charge in [-0.1, -0.05) is 0 Å². The van der Waals surface area contributed by atoms with Gasteiger partial charge < -0.3 is 10.4 Å². The number of nitro groups is 1. The molecule has 8 nitrogen and oxygen atoms in total. The third kappa shape index (κ3) is 3.42. The standard InChI is InChI=1S/C17H15N3O5/c21-13-7-4-11(5-8-13)18-14-9-6-12(10-15(14)20(24)25)19-16(22)2-1-3-17(19)23/h4-10,18,21H,1-3H2. The fourth-order valence-electron chi connectivity index (χ4n) is 2.66. The fraction of sp³-hybridized carbons (Fsp3) is 0.176. The van der Waals surface area contributed by atoms with E-state index in [9.17, 15) is 24.8 Å². The van der Waals surface area contributed by atoms with Crippen molar-refractivity contribution in [2.45, 2.75) is 19.3 Å². The minimum absolute atomic E-state index is 0.0810. The molecular formula is C17H15N3O5. The van der Waals surface area contributed by atoms with Gasteiger partial charge in [0.1, 0.15) is 11.4 Å². The zero-order chi connectivity index (χ0) is 18.0. The number of nitrogens with one attached hydrogen (secondary N) is 1. The molecule has 0 spiro atoms. The van der Waals surface area contributed by atoms with Gasteiger partial charge in [0.25, 0.3) is 5.69 Å². The van der Waals surface area contributed by atoms with E-state index >= 15 is 0 Å². The van der Waals surface area contributed by atoms with Crippen LogP contribution in [0.2, 0.25) is 0 Å². The van der Waals surface area contributed by atoms with E-state index in [-0.39, 0.29) is 47.5 Å². The number of phenols is 1. The second-order valence-corrected chi connectivity index (χ2v) is 5.61. The van der Waals surface area contributed by atoms with Crippen molar-refractivity contribution >= 4 is 34.6 Å². The van der Waals surface area contributed by atoms with Crippen LogP contribution >= 0.6 is 0 Å². The van der Waals surface area contributed by atoms with Crippen LogP contribution in [-0.2, 0) is 9.59 Å². The molecule has 2 amide bonds. The molecule has 2 N–H and O–H groups in total. The van der Waals surface area contributed by atoms with E-state index in [0.717, 1.165) is 4.90 Å². The maximum absolute atomic E-state index is 12.0. The maximum atomic E-state index is 12.0. The van der Waals surface area contributed by atoms with Crippen LogP contribution in [0.3, 0.4) is 0 Å². The quantitative estimate of drug-likeness (QED) is 0.382. The van der Waals surface area contributed by atoms with Crippen LogP contribution in [0.1, 0.15) is 19.3 Å². The number of piperidine rings is 1. The van der Waals surface area contributed by atoms with Gasteiger partial charge in [-0.25, -0.2) is 0 Å². The predicted octanol–water partition coefficient (Wildman–Crippen LogP) is 3.09. The average molecular weight is 341 g/mol. The molecule has 1 fully saturated rings. The van der Waals surface area contributed by atoms with E-state index in [2.05, 4.69) is 5.32 Å². The van der Waals surface area contributed by atoms with Gasteiger partial charge in [-0.05, 0) is 42.8 Å². The van der Waals surface area contributed by atoms with E-state index in [0.29, 0.717) is 12.1 Å². The Morgan fingerprint density at radius 2 is 1.68 bits per heavy atom. The van der Waals surface area contributed by atoms with Crippen LogP contribution in [0.5, 0.6) is 5.75 Å². The normalized spacial score (nSPS) is 14.5. The van der Waals surface area contributed by atoms with Crippen molar-refractivity contribution in [2.24, 2.45) is 0 Å². The number of phenolic OH excluding ortho intramolecular Hbond substituents is 1. The smallest absolute Gasteiger partial charge is 0.294 e. The summed E-state index contributed by atoms with van der Waals surface area (Å²) in [4.78, 5) is 35.8. The number of imide groups is 1. The number of hydrogen-bond acceptors (Lipinski definition) is 6. The average Bonchev–Trinajstić information content (AvgIpc) is 2.57. The van der Waals surface area contributed by atoms with Gasteiger partial charge in [-0.2, -0.15) is 0 Å². The largest absolute Gasteiger partial charge is 0.508 e. The van der Waals surface area contributed by atoms with Gasteiger partial charge in [-0.15, -0.1) is 0 Å². The van der Waals surface area contributed by atoms with Crippen LogP contribution < -0.4 is 10.2 Å². The number of rotatable bonds is 4. The lowest BCUT2D eigenvalue weighted by Crippen LogP contribution is -2.40. The number of aromatic hydroxyl groups is 1. The molecule has 0 saturated carbocycles. The number of anilines is 3. The molecule has 0 radical (unpaired) electrons. The summed E-state index contributed by atoms with van der Waals surface area (Å²) in [6.45, 7) is 0. The number of nitrogens with zero attached hydrogens (tertiary/aromatic N) is 2. The maximum Gasteiger partial charge on any atom is 0.294 e. The van der Waals surface area contributed by atoms with Crippen molar-refractivity contribution in [1.82, 2.24) is 0 Å². The minimum Gasteiger partial charge on any atom is -0.508 e. The van der Waals surface area contributed by atoms with E-state index in [1.54, 1.807) is 12.1 Å². The fourth-order valence-corrected chi connectivity index (χ4v) is 2.66. The molecule has 0 aromatic heterocycles. The molecule has 2 aromatic rings. The zero-order valence-corrected chi connectivity index (χ0v) is 13.1. The Kier molecular flexibility index (Phi) is 4.34. The second kappa shape index (κ2) is 6.60. The van der Waals surface area contributed by atoms with E-state index in [1.165, 1.54) is 30.3 Å². The molecule has 1 aliphatic rings. The Labute approximate surface area is 142 Å². The molecule has 8 heteroatoms. The summed E-state index contributed by atoms with van der Waals surface area (Å²) in [5.41, 5.74) is 0.713. The Morgan fingerprint density at radius 1 is 1.04 bits per heavy atom. The van der Waals surface area contributed by atoms with Crippen molar-refractivity contribution in [2.75, 3.05) is 10.2 Å². The molecule has 128 valence electrons. The third-order valence-electron chi connectivity index (χ3n) is 3.86. The number of benzene rings is 2. The number of carbonyl (C=O) groups is 2. The highest BCUT2D eigenvalue weighted by molar-refractivity contribution is 6.16. The van der Waals surface area contributed by atoms with Crippen LogP contribution in [0.15, 0.2) is 42.5 Å². The summed E-state index contributed by atoms with van der Waals surface area (Å²) in [6.07, 6.45) is 0.983. The SMILES string of the molecule is O=C1CCCC(=O)N1c1ccc(Nc2ccc(O)cc2)c([N+](=O)[O-])c1. The van der Waals surface area contributed by atoms with Crippen LogP contribution in [-0.4, -0.2) is 21.8 Å². The molecule has 1 saturated heterocycles. The monoisotopic (exact) mass is 341 g/mol. The summed E-state index contributed by atoms with van der Waals surface area (Å²) < 4.78 is 0. The molecule has 0 unspecified atom stereocenters. The lowest BCUT2D eigenvalue weighted by atomic mass is 10.1. The number of carbonyl (C=O) groups excluding carboxylic acids is 2. The summed E-state index contributed by atoms with van der Waals surface area (Å²) >= 11 is 0. The topological polar surface area (TPSA) is 113 Å². The van der Waals surface area contributed by atoms with Gasteiger partial charge in [0.05, 0.1) is 10.6 Å². The predicted molar refractivity (Wildman–Crippen MR) is 90.8 cm³/mol. The molecule has 1 aliphatic heterocycles. The third-order valence-corrected chi connectivity index (χ3v) is 3.86. The molecular weight excluding hydrogens is 326 g/mol. The van der Waals surface area contributed by atoms with Crippen molar-refractivity contribution in [1.29, 1.82) is 0 Å². The summed E-state index contributed by atoms with van der Waals surface area (Å²) in [6, 6.07) is 10.2. The summed E-state index contributed by atoms with van der Waals surface area (Å²) in [5, 5.41) is 23.6. The number of amides is 2. The Bertz CT molecular complexity index is 832. The molecule has 2 aromatic carbocycles. The Balaban J connectivity index is 1.95. The summed E-state index contributed by atoms with van der Waals surface area (Å²) in [5.74, 6) is -0.632. The van der Waals surface area contributed by atoms with Crippen molar-refractivity contribution in [3.05, 3.63) is 52.6 Å². The van der Waals surface area contributed by atoms with E-state index in [4.69, 9.17) is 0 Å². The molecule has 0 aliphatic carbocycles. The van der Waals surface area contributed by atoms with Gasteiger partial charge in [0.2, 0.25) is 11.8 Å². The molecule has 25 heavy (non-hydrogen) atoms. The number of hydrogen-bond donors (Lipinski definition) is 2. The lowest BCUT2D eigenvalue weighted by Gasteiger charge is -2.25. The van der Waals surface area contributed by atoms with Gasteiger partial charge in [-0.3, -0.25) is 24.6 Å². The molecule has 0 bridgehead atoms. The second-order valence-electron chi connectivity index (χ2n) is 5.61. The van der Waals surface area contributed by atoms with E-state index < -0.39 is 4.92 Å². The van der Waals surface area contributed by atoms with Crippen LogP contribution in [0, 0.1) is 10.1 Å². The first-order valence-electron chi connectivity index (χ1n) is 7.66. The number of nitro benzene ring substituents is 1. The first-order valence-corrected chi connectivity index (χ1v) is 7.66. The highest BCUT2D eigenvalue weighted by Gasteiger charge is 2.29. The lowest BCUT2D eigenvalue weighted by molar-refractivity contribution is -0.383. The van der Waals surface area contributed by atoms with Gasteiger partial charge >= 0.3 is 0 Å². The Hall–Kier alpha value is -3.42. The van der Waals surface area contributed by atoms with Crippen molar-refractivity contribution in [3.63, 3.8) is 0 Å². The van der Waals surface area contributed by atoms with Gasteiger partial charge in [0, 0.05) is 24.6 Å². The molecule has 0 atom stereocenters. The van der Waals surface area contributed by atoms with Crippen LogP contribution in [0.4, 0.5) is 22.7 Å². The van der Waals surface area contributed by atoms with E-state index in [1.807, 2.05) is 0 Å². The van der Waals surface area contributed by atoms with Crippen LogP contribution in [0.25, 0.3) is 0 Å². The minimum atomic E-state index is -0.578. The van der Waals surface area contributed by atoms with Crippen molar-refractivity contribution < 1.29 is 19.6 Å². The highest BCUT2D eigenvalue weighted by Crippen LogP contribution is 2.33. The first kappa shape index (κ1) is 16.4.